The molecule has 0 bridgehead atoms. The summed E-state index contributed by atoms with van der Waals surface area (Å²) < 4.78 is 59.9. The molecule has 1 aliphatic heterocycles. The van der Waals surface area contributed by atoms with Crippen molar-refractivity contribution >= 4 is 15.9 Å². The van der Waals surface area contributed by atoms with Crippen LogP contribution in [-0.2, 0) is 14.8 Å². The Morgan fingerprint density at radius 3 is 2.42 bits per heavy atom. The van der Waals surface area contributed by atoms with Crippen molar-refractivity contribution in [2.75, 3.05) is 6.54 Å². The first-order valence-corrected chi connectivity index (χ1v) is 7.57. The van der Waals surface area contributed by atoms with E-state index in [-0.39, 0.29) is 19.4 Å². The number of nitrogens with two attached hydrogens (primary N) is 1. The zero-order chi connectivity index (χ0) is 14.8. The summed E-state index contributed by atoms with van der Waals surface area (Å²) in [5.41, 5.74) is 0. The largest absolute Gasteiger partial charge is 0.471 e. The molecule has 1 heterocycles. The van der Waals surface area contributed by atoms with Gasteiger partial charge in [0.25, 0.3) is 0 Å². The molecule has 2 atom stereocenters. The van der Waals surface area contributed by atoms with Gasteiger partial charge in [-0.25, -0.2) is 13.6 Å². The molecule has 0 saturated carbocycles. The summed E-state index contributed by atoms with van der Waals surface area (Å²) in [6, 6.07) is -0.726. The molecule has 2 unspecified atom stereocenters. The van der Waals surface area contributed by atoms with Gasteiger partial charge in [0, 0.05) is 12.6 Å². The molecule has 1 saturated heterocycles. The van der Waals surface area contributed by atoms with E-state index in [0.717, 1.165) is 4.90 Å². The average molecular weight is 302 g/mol. The maximum atomic E-state index is 12.4. The standard InChI is InChI=1S/C10H17F3N2O3S/c1-2-3-7-6-8(19(14,17)18)4-5-15(7)9(16)10(11,12)13/h7-8H,2-6H2,1H3,(H2,14,17,18). The number of piperidine rings is 1. The van der Waals surface area contributed by atoms with E-state index in [9.17, 15) is 26.4 Å². The van der Waals surface area contributed by atoms with Crippen molar-refractivity contribution in [2.24, 2.45) is 5.14 Å². The Kier molecular flexibility index (Phi) is 4.83. The fraction of sp³-hybridized carbons (Fsp3) is 0.900. The van der Waals surface area contributed by atoms with E-state index >= 15 is 0 Å². The molecular formula is C10H17F3N2O3S. The van der Waals surface area contributed by atoms with Crippen LogP contribution in [0, 0.1) is 0 Å². The van der Waals surface area contributed by atoms with Crippen LogP contribution in [0.15, 0.2) is 0 Å². The Bertz CT molecular complexity index is 436. The van der Waals surface area contributed by atoms with Gasteiger partial charge < -0.3 is 4.90 Å². The van der Waals surface area contributed by atoms with Gasteiger partial charge in [0.2, 0.25) is 10.0 Å². The first-order valence-electron chi connectivity index (χ1n) is 5.96. The van der Waals surface area contributed by atoms with Crippen molar-refractivity contribution in [3.63, 3.8) is 0 Å². The van der Waals surface area contributed by atoms with Gasteiger partial charge in [0.15, 0.2) is 0 Å². The number of nitrogens with zero attached hydrogens (tertiary/aromatic N) is 1. The van der Waals surface area contributed by atoms with Crippen molar-refractivity contribution in [1.82, 2.24) is 4.90 Å². The molecule has 19 heavy (non-hydrogen) atoms. The van der Waals surface area contributed by atoms with Crippen molar-refractivity contribution in [2.45, 2.75) is 50.1 Å². The predicted octanol–water partition coefficient (Wildman–Crippen LogP) is 0.997. The van der Waals surface area contributed by atoms with E-state index in [0.29, 0.717) is 12.8 Å². The second-order valence-corrected chi connectivity index (χ2v) is 6.52. The number of likely N-dealkylation sites (tertiary alicyclic amines) is 1. The number of hydrogen-bond donors (Lipinski definition) is 1. The molecule has 0 aromatic carbocycles. The molecule has 1 rings (SSSR count). The van der Waals surface area contributed by atoms with E-state index in [4.69, 9.17) is 5.14 Å². The summed E-state index contributed by atoms with van der Waals surface area (Å²) in [5.74, 6) is -1.90. The van der Waals surface area contributed by atoms with Gasteiger partial charge in [0.1, 0.15) is 0 Å². The Hall–Kier alpha value is -0.830. The highest BCUT2D eigenvalue weighted by Gasteiger charge is 2.47. The second kappa shape index (κ2) is 5.66. The lowest BCUT2D eigenvalue weighted by atomic mass is 9.97. The number of amides is 1. The highest BCUT2D eigenvalue weighted by Crippen LogP contribution is 2.29. The lowest BCUT2D eigenvalue weighted by molar-refractivity contribution is -0.189. The average Bonchev–Trinajstić information content (AvgIpc) is 2.26. The highest BCUT2D eigenvalue weighted by atomic mass is 32.2. The Balaban J connectivity index is 2.88. The fourth-order valence-corrected chi connectivity index (χ4v) is 3.27. The molecule has 0 radical (unpaired) electrons. The highest BCUT2D eigenvalue weighted by molar-refractivity contribution is 7.89. The number of alkyl halides is 3. The number of carbonyl (C=O) groups is 1. The number of halogens is 3. The van der Waals surface area contributed by atoms with E-state index in [1.807, 2.05) is 0 Å². The van der Waals surface area contributed by atoms with Crippen LogP contribution < -0.4 is 5.14 Å². The van der Waals surface area contributed by atoms with Gasteiger partial charge in [-0.15, -0.1) is 0 Å². The molecular weight excluding hydrogens is 285 g/mol. The molecule has 0 aliphatic carbocycles. The van der Waals surface area contributed by atoms with Gasteiger partial charge in [-0.3, -0.25) is 4.79 Å². The van der Waals surface area contributed by atoms with E-state index in [1.165, 1.54) is 0 Å². The van der Waals surface area contributed by atoms with Crippen LogP contribution in [0.4, 0.5) is 13.2 Å². The van der Waals surface area contributed by atoms with Crippen LogP contribution in [0.1, 0.15) is 32.6 Å². The third-order valence-corrected chi connectivity index (χ3v) is 4.61. The van der Waals surface area contributed by atoms with Crippen molar-refractivity contribution in [3.8, 4) is 0 Å². The zero-order valence-corrected chi connectivity index (χ0v) is 11.3. The summed E-state index contributed by atoms with van der Waals surface area (Å²) >= 11 is 0. The lowest BCUT2D eigenvalue weighted by Crippen LogP contribution is -2.53. The predicted molar refractivity (Wildman–Crippen MR) is 62.6 cm³/mol. The van der Waals surface area contributed by atoms with Crippen molar-refractivity contribution in [1.29, 1.82) is 0 Å². The molecule has 0 aromatic heterocycles. The topological polar surface area (TPSA) is 80.5 Å². The summed E-state index contributed by atoms with van der Waals surface area (Å²) in [6.45, 7) is 1.53. The maximum absolute atomic E-state index is 12.4. The SMILES string of the molecule is CCCC1CC(S(N)(=O)=O)CCN1C(=O)C(F)(F)F. The summed E-state index contributed by atoms with van der Waals surface area (Å²) in [6.07, 6.45) is -4.13. The molecule has 0 spiro atoms. The van der Waals surface area contributed by atoms with Crippen LogP contribution >= 0.6 is 0 Å². The monoisotopic (exact) mass is 302 g/mol. The van der Waals surface area contributed by atoms with Crippen LogP contribution in [0.2, 0.25) is 0 Å². The lowest BCUT2D eigenvalue weighted by Gasteiger charge is -2.39. The summed E-state index contributed by atoms with van der Waals surface area (Å²) in [4.78, 5) is 12.0. The molecule has 1 amide bonds. The van der Waals surface area contributed by atoms with Gasteiger partial charge >= 0.3 is 12.1 Å². The third-order valence-electron chi connectivity index (χ3n) is 3.26. The smallest absolute Gasteiger partial charge is 0.332 e. The molecule has 5 nitrogen and oxygen atoms in total. The molecule has 0 aromatic rings. The van der Waals surface area contributed by atoms with E-state index in [1.54, 1.807) is 6.92 Å². The maximum Gasteiger partial charge on any atom is 0.471 e. The molecule has 2 N–H and O–H groups in total. The minimum atomic E-state index is -4.93. The quantitative estimate of drug-likeness (QED) is 0.844. The van der Waals surface area contributed by atoms with Gasteiger partial charge in [-0.2, -0.15) is 13.2 Å². The van der Waals surface area contributed by atoms with Crippen LogP contribution in [0.3, 0.4) is 0 Å². The minimum Gasteiger partial charge on any atom is -0.332 e. The number of primary sulfonamides is 1. The fourth-order valence-electron chi connectivity index (χ4n) is 2.35. The number of hydrogen-bond acceptors (Lipinski definition) is 3. The van der Waals surface area contributed by atoms with Crippen LogP contribution in [0.25, 0.3) is 0 Å². The van der Waals surface area contributed by atoms with E-state index < -0.39 is 33.4 Å². The van der Waals surface area contributed by atoms with Crippen LogP contribution in [-0.4, -0.2) is 43.2 Å². The second-order valence-electron chi connectivity index (χ2n) is 4.67. The first kappa shape index (κ1) is 16.2. The van der Waals surface area contributed by atoms with Crippen molar-refractivity contribution in [3.05, 3.63) is 0 Å². The van der Waals surface area contributed by atoms with Crippen LogP contribution in [0.5, 0.6) is 0 Å². The van der Waals surface area contributed by atoms with Gasteiger partial charge in [-0.1, -0.05) is 13.3 Å². The van der Waals surface area contributed by atoms with Gasteiger partial charge in [0.05, 0.1) is 5.25 Å². The summed E-state index contributed by atoms with van der Waals surface area (Å²) in [5, 5.41) is 4.15. The Morgan fingerprint density at radius 2 is 2.00 bits per heavy atom. The molecule has 1 aliphatic rings. The normalized spacial score (nSPS) is 25.4. The zero-order valence-electron chi connectivity index (χ0n) is 10.5. The third kappa shape index (κ3) is 4.07. The molecule has 1 fully saturated rings. The minimum absolute atomic E-state index is 0.0332. The Labute approximate surface area is 110 Å². The Morgan fingerprint density at radius 1 is 1.42 bits per heavy atom. The number of sulfonamides is 1. The van der Waals surface area contributed by atoms with E-state index in [2.05, 4.69) is 0 Å². The first-order chi connectivity index (χ1) is 8.57. The molecule has 112 valence electrons. The molecule has 9 heteroatoms. The number of rotatable bonds is 3. The summed E-state index contributed by atoms with van der Waals surface area (Å²) in [7, 11) is -3.78. The number of carbonyl (C=O) groups excluding carboxylic acids is 1. The van der Waals surface area contributed by atoms with Crippen molar-refractivity contribution < 1.29 is 26.4 Å². The van der Waals surface area contributed by atoms with Gasteiger partial charge in [-0.05, 0) is 19.3 Å².